The minimum absolute atomic E-state index is 0.103. The molecule has 1 aromatic heterocycles. The first-order chi connectivity index (χ1) is 6.79. The number of nitrogens with zero attached hydrogens (tertiary/aromatic N) is 1. The van der Waals surface area contributed by atoms with Gasteiger partial charge in [-0.05, 0) is 6.92 Å². The van der Waals surface area contributed by atoms with E-state index in [0.717, 1.165) is 11.3 Å². The van der Waals surface area contributed by atoms with Crippen molar-refractivity contribution < 1.29 is 19.1 Å². The number of anilines is 1. The van der Waals surface area contributed by atoms with E-state index in [4.69, 9.17) is 15.5 Å². The monoisotopic (exact) mass is 251 g/mol. The summed E-state index contributed by atoms with van der Waals surface area (Å²) < 4.78 is 10.5. The number of amides is 1. The lowest BCUT2D eigenvalue weighted by atomic mass is 10.4. The third kappa shape index (κ3) is 3.60. The second-order valence-corrected chi connectivity index (χ2v) is 5.67. The van der Waals surface area contributed by atoms with Crippen molar-refractivity contribution >= 4 is 30.0 Å². The smallest absolute Gasteiger partial charge is 0.344 e. The highest BCUT2D eigenvalue weighted by Crippen LogP contribution is 2.32. The first-order valence-corrected chi connectivity index (χ1v) is 6.46. The molecule has 9 heteroatoms. The van der Waals surface area contributed by atoms with E-state index in [1.165, 1.54) is 0 Å². The van der Waals surface area contributed by atoms with E-state index in [2.05, 4.69) is 10.3 Å². The molecule has 0 unspecified atom stereocenters. The molecule has 0 aliphatic rings. The zero-order valence-corrected chi connectivity index (χ0v) is 9.51. The summed E-state index contributed by atoms with van der Waals surface area (Å²) in [4.78, 5) is 32.8. The maximum Gasteiger partial charge on any atom is 0.344 e. The second-order valence-electron chi connectivity index (χ2n) is 2.79. The highest BCUT2D eigenvalue weighted by Gasteiger charge is 2.18. The van der Waals surface area contributed by atoms with Crippen molar-refractivity contribution in [1.29, 1.82) is 0 Å². The predicted octanol–water partition coefficient (Wildman–Crippen LogP) is -0.101. The number of nitrogen functional groups attached to an aromatic ring is 1. The van der Waals surface area contributed by atoms with Crippen LogP contribution < -0.4 is 11.1 Å². The maximum atomic E-state index is 11.4. The van der Waals surface area contributed by atoms with Crippen LogP contribution in [0.1, 0.15) is 15.4 Å². The number of thiazole rings is 1. The number of hydrogen-bond acceptors (Lipinski definition) is 5. The molecule has 1 rings (SSSR count). The minimum atomic E-state index is -4.24. The van der Waals surface area contributed by atoms with Crippen LogP contribution in [0, 0.1) is 6.92 Å². The third-order valence-electron chi connectivity index (χ3n) is 1.47. The lowest BCUT2D eigenvalue weighted by Gasteiger charge is -2.04. The number of nitrogens with two attached hydrogens (primary N) is 1. The van der Waals surface area contributed by atoms with E-state index in [1.807, 2.05) is 0 Å². The molecule has 0 radical (unpaired) electrons. The molecule has 0 bridgehead atoms. The molecule has 1 aromatic rings. The molecule has 0 fully saturated rings. The van der Waals surface area contributed by atoms with Crippen molar-refractivity contribution in [3.8, 4) is 0 Å². The molecule has 1 amide bonds. The summed E-state index contributed by atoms with van der Waals surface area (Å²) in [7, 11) is -4.24. The molecule has 0 aromatic carbocycles. The van der Waals surface area contributed by atoms with E-state index in [0.29, 0.717) is 4.88 Å². The molecule has 0 aliphatic carbocycles. The van der Waals surface area contributed by atoms with Crippen LogP contribution in [0.5, 0.6) is 0 Å². The van der Waals surface area contributed by atoms with Crippen molar-refractivity contribution in [2.24, 2.45) is 0 Å². The molecule has 0 saturated heterocycles. The molecular weight excluding hydrogens is 241 g/mol. The van der Waals surface area contributed by atoms with Crippen molar-refractivity contribution in [2.45, 2.75) is 6.92 Å². The summed E-state index contributed by atoms with van der Waals surface area (Å²) in [5, 5.41) is 2.32. The van der Waals surface area contributed by atoms with Gasteiger partial charge in [0.15, 0.2) is 5.13 Å². The summed E-state index contributed by atoms with van der Waals surface area (Å²) in [5.41, 5.74) is 5.48. The van der Waals surface area contributed by atoms with Crippen LogP contribution in [0.2, 0.25) is 0 Å². The summed E-state index contributed by atoms with van der Waals surface area (Å²) >= 11 is 1.14. The number of aryl methyl sites for hydroxylation is 1. The Hall–Kier alpha value is -0.950. The highest BCUT2D eigenvalue weighted by molar-refractivity contribution is 7.51. The lowest BCUT2D eigenvalue weighted by Crippen LogP contribution is -2.25. The van der Waals surface area contributed by atoms with Gasteiger partial charge < -0.3 is 20.8 Å². The molecule has 0 aliphatic heterocycles. The fourth-order valence-corrected chi connectivity index (χ4v) is 1.92. The van der Waals surface area contributed by atoms with Gasteiger partial charge in [-0.1, -0.05) is 0 Å². The van der Waals surface area contributed by atoms with Gasteiger partial charge in [0, 0.05) is 4.88 Å². The Morgan fingerprint density at radius 1 is 1.67 bits per heavy atom. The molecule has 84 valence electrons. The Kier molecular flexibility index (Phi) is 3.46. The van der Waals surface area contributed by atoms with Gasteiger partial charge in [0.25, 0.3) is 5.91 Å². The van der Waals surface area contributed by atoms with Crippen molar-refractivity contribution in [2.75, 3.05) is 12.0 Å². The normalized spacial score (nSPS) is 11.4. The van der Waals surface area contributed by atoms with E-state index in [9.17, 15) is 9.36 Å². The van der Waals surface area contributed by atoms with E-state index in [-0.39, 0.29) is 10.8 Å². The molecule has 5 N–H and O–H groups in total. The van der Waals surface area contributed by atoms with Gasteiger partial charge in [-0.2, -0.15) is 0 Å². The Morgan fingerprint density at radius 2 is 2.27 bits per heavy atom. The SMILES string of the molecule is Cc1sc(N)nc1C(=O)NCP(=O)(O)O. The number of carbonyl (C=O) groups is 1. The standard InChI is InChI=1S/C6H10N3O4PS/c1-3-4(9-6(7)15-3)5(10)8-2-14(11,12)13/h2H2,1H3,(H2,7,9)(H,8,10)(H2,11,12,13). The summed E-state index contributed by atoms with van der Waals surface area (Å²) in [6, 6.07) is 0. The maximum absolute atomic E-state index is 11.4. The van der Waals surface area contributed by atoms with Crippen LogP contribution in [0.15, 0.2) is 0 Å². The van der Waals surface area contributed by atoms with E-state index in [1.54, 1.807) is 6.92 Å². The molecule has 7 nitrogen and oxygen atoms in total. The van der Waals surface area contributed by atoms with Crippen LogP contribution in [-0.2, 0) is 4.57 Å². The molecule has 1 heterocycles. The summed E-state index contributed by atoms with van der Waals surface area (Å²) in [6.45, 7) is 1.65. The third-order valence-corrected chi connectivity index (χ3v) is 2.84. The zero-order chi connectivity index (χ0) is 11.6. The topological polar surface area (TPSA) is 126 Å². The number of hydrogen-bond donors (Lipinski definition) is 4. The number of carbonyl (C=O) groups excluding carboxylic acids is 1. The Balaban J connectivity index is 2.70. The average Bonchev–Trinajstić information content (AvgIpc) is 2.40. The van der Waals surface area contributed by atoms with Crippen LogP contribution in [0.4, 0.5) is 5.13 Å². The molecule has 15 heavy (non-hydrogen) atoms. The Morgan fingerprint density at radius 3 is 2.67 bits per heavy atom. The van der Waals surface area contributed by atoms with Crippen molar-refractivity contribution in [3.05, 3.63) is 10.6 Å². The van der Waals surface area contributed by atoms with Crippen molar-refractivity contribution in [3.63, 3.8) is 0 Å². The number of rotatable bonds is 3. The van der Waals surface area contributed by atoms with Crippen molar-refractivity contribution in [1.82, 2.24) is 10.3 Å². The zero-order valence-electron chi connectivity index (χ0n) is 7.80. The highest BCUT2D eigenvalue weighted by atomic mass is 32.1. The van der Waals surface area contributed by atoms with Crippen LogP contribution >= 0.6 is 18.9 Å². The van der Waals surface area contributed by atoms with Gasteiger partial charge in [-0.3, -0.25) is 9.36 Å². The molecule has 0 saturated carbocycles. The fourth-order valence-electron chi connectivity index (χ4n) is 0.886. The van der Waals surface area contributed by atoms with Gasteiger partial charge in [0.1, 0.15) is 12.0 Å². The van der Waals surface area contributed by atoms with Crippen LogP contribution in [0.25, 0.3) is 0 Å². The average molecular weight is 251 g/mol. The van der Waals surface area contributed by atoms with Gasteiger partial charge in [0.05, 0.1) is 0 Å². The number of nitrogens with one attached hydrogen (secondary N) is 1. The largest absolute Gasteiger partial charge is 0.375 e. The fraction of sp³-hybridized carbons (Fsp3) is 0.333. The van der Waals surface area contributed by atoms with Gasteiger partial charge in [0.2, 0.25) is 0 Å². The number of aromatic nitrogens is 1. The summed E-state index contributed by atoms with van der Waals surface area (Å²) in [6.07, 6.45) is -0.706. The second kappa shape index (κ2) is 4.28. The first-order valence-electron chi connectivity index (χ1n) is 3.85. The van der Waals surface area contributed by atoms with Gasteiger partial charge in [-0.15, -0.1) is 11.3 Å². The van der Waals surface area contributed by atoms with Crippen LogP contribution in [-0.4, -0.2) is 27.0 Å². The van der Waals surface area contributed by atoms with E-state index < -0.39 is 19.8 Å². The predicted molar refractivity (Wildman–Crippen MR) is 55.6 cm³/mol. The molecule has 0 atom stereocenters. The minimum Gasteiger partial charge on any atom is -0.375 e. The van der Waals surface area contributed by atoms with E-state index >= 15 is 0 Å². The quantitative estimate of drug-likeness (QED) is 0.556. The first kappa shape index (κ1) is 12.1. The Labute approximate surface area is 89.5 Å². The van der Waals surface area contributed by atoms with Gasteiger partial charge in [-0.25, -0.2) is 4.98 Å². The lowest BCUT2D eigenvalue weighted by molar-refractivity contribution is 0.0952. The Bertz CT molecular complexity index is 426. The molecular formula is C6H10N3O4PS. The molecule has 0 spiro atoms. The summed E-state index contributed by atoms with van der Waals surface area (Å²) in [5.74, 6) is -0.635. The van der Waals surface area contributed by atoms with Crippen LogP contribution in [0.3, 0.4) is 0 Å². The van der Waals surface area contributed by atoms with Gasteiger partial charge >= 0.3 is 7.60 Å².